The zero-order valence-electron chi connectivity index (χ0n) is 11.9. The molecule has 2 atom stereocenters. The number of aryl methyl sites for hydroxylation is 2. The van der Waals surface area contributed by atoms with E-state index in [1.54, 1.807) is 11.1 Å². The zero-order chi connectivity index (χ0) is 12.8. The van der Waals surface area contributed by atoms with E-state index in [0.717, 1.165) is 12.5 Å². The van der Waals surface area contributed by atoms with E-state index in [2.05, 4.69) is 44.3 Å². The van der Waals surface area contributed by atoms with Gasteiger partial charge in [0.25, 0.3) is 0 Å². The first-order chi connectivity index (χ1) is 8.62. The Morgan fingerprint density at radius 2 is 2.00 bits per heavy atom. The highest BCUT2D eigenvalue weighted by Gasteiger charge is 2.50. The number of hydrogen-bond donors (Lipinski definition) is 1. The van der Waals surface area contributed by atoms with Gasteiger partial charge in [-0.2, -0.15) is 0 Å². The van der Waals surface area contributed by atoms with Crippen molar-refractivity contribution < 1.29 is 0 Å². The van der Waals surface area contributed by atoms with E-state index < -0.39 is 0 Å². The predicted molar refractivity (Wildman–Crippen MR) is 76.8 cm³/mol. The molecule has 0 bridgehead atoms. The maximum atomic E-state index is 3.71. The highest BCUT2D eigenvalue weighted by molar-refractivity contribution is 5.37. The highest BCUT2D eigenvalue weighted by Crippen LogP contribution is 2.57. The Hall–Kier alpha value is -0.820. The molecular weight excluding hydrogens is 218 g/mol. The van der Waals surface area contributed by atoms with Gasteiger partial charge in [0.15, 0.2) is 0 Å². The summed E-state index contributed by atoms with van der Waals surface area (Å²) in [5, 5.41) is 3.71. The van der Waals surface area contributed by atoms with E-state index in [9.17, 15) is 0 Å². The van der Waals surface area contributed by atoms with Crippen LogP contribution in [0.4, 0.5) is 0 Å². The van der Waals surface area contributed by atoms with Gasteiger partial charge in [-0.15, -0.1) is 0 Å². The van der Waals surface area contributed by atoms with Crippen LogP contribution in [0.2, 0.25) is 0 Å². The molecule has 1 aromatic carbocycles. The third kappa shape index (κ3) is 2.09. The molecule has 0 spiro atoms. The molecule has 0 saturated heterocycles. The normalized spacial score (nSPS) is 25.8. The molecule has 2 unspecified atom stereocenters. The van der Waals surface area contributed by atoms with Crippen molar-refractivity contribution in [3.63, 3.8) is 0 Å². The van der Waals surface area contributed by atoms with Crippen molar-refractivity contribution in [1.82, 2.24) is 5.32 Å². The minimum Gasteiger partial charge on any atom is -0.310 e. The first kappa shape index (κ1) is 12.2. The van der Waals surface area contributed by atoms with Crippen molar-refractivity contribution in [2.45, 2.75) is 52.5 Å². The molecule has 0 heterocycles. The molecule has 0 aliphatic heterocycles. The molecule has 1 saturated carbocycles. The minimum absolute atomic E-state index is 0.534. The van der Waals surface area contributed by atoms with Crippen LogP contribution in [-0.4, -0.2) is 6.54 Å². The second-order valence-electron chi connectivity index (χ2n) is 6.72. The Balaban J connectivity index is 1.86. The summed E-state index contributed by atoms with van der Waals surface area (Å²) in [6, 6.07) is 7.78. The van der Waals surface area contributed by atoms with Crippen LogP contribution in [0.5, 0.6) is 0 Å². The maximum absolute atomic E-state index is 3.71. The van der Waals surface area contributed by atoms with Crippen LogP contribution < -0.4 is 5.32 Å². The van der Waals surface area contributed by atoms with Crippen LogP contribution in [0.25, 0.3) is 0 Å². The summed E-state index contributed by atoms with van der Waals surface area (Å²) in [5.41, 5.74) is 5.25. The first-order valence-electron chi connectivity index (χ1n) is 7.47. The Bertz CT molecular complexity index is 447. The molecule has 18 heavy (non-hydrogen) atoms. The van der Waals surface area contributed by atoms with Gasteiger partial charge in [-0.25, -0.2) is 0 Å². The molecule has 98 valence electrons. The average Bonchev–Trinajstić information content (AvgIpc) is 2.77. The fraction of sp³-hybridized carbons (Fsp3) is 0.647. The number of rotatable bonds is 4. The molecule has 1 N–H and O–H groups in total. The number of fused-ring (bicyclic) bond motifs is 1. The smallest absolute Gasteiger partial charge is 0.0353 e. The van der Waals surface area contributed by atoms with Gasteiger partial charge in [-0.05, 0) is 60.3 Å². The van der Waals surface area contributed by atoms with Crippen molar-refractivity contribution >= 4 is 0 Å². The van der Waals surface area contributed by atoms with Crippen LogP contribution >= 0.6 is 0 Å². The number of nitrogens with one attached hydrogen (secondary N) is 1. The molecule has 1 fully saturated rings. The van der Waals surface area contributed by atoms with Gasteiger partial charge in [0, 0.05) is 6.04 Å². The molecular formula is C17H25N. The minimum atomic E-state index is 0.534. The van der Waals surface area contributed by atoms with E-state index in [4.69, 9.17) is 0 Å². The quantitative estimate of drug-likeness (QED) is 0.846. The zero-order valence-corrected chi connectivity index (χ0v) is 11.9. The second kappa shape index (κ2) is 4.38. The average molecular weight is 243 g/mol. The van der Waals surface area contributed by atoms with Gasteiger partial charge in [0.2, 0.25) is 0 Å². The van der Waals surface area contributed by atoms with E-state index in [-0.39, 0.29) is 0 Å². The Morgan fingerprint density at radius 3 is 2.67 bits per heavy atom. The Kier molecular flexibility index (Phi) is 2.97. The van der Waals surface area contributed by atoms with E-state index in [1.165, 1.54) is 31.2 Å². The van der Waals surface area contributed by atoms with Gasteiger partial charge in [0.05, 0.1) is 0 Å². The highest BCUT2D eigenvalue weighted by atomic mass is 14.9. The summed E-state index contributed by atoms with van der Waals surface area (Å²) in [4.78, 5) is 0. The lowest BCUT2D eigenvalue weighted by atomic mass is 9.94. The lowest BCUT2D eigenvalue weighted by Crippen LogP contribution is -2.24. The van der Waals surface area contributed by atoms with Crippen molar-refractivity contribution in [2.24, 2.45) is 11.3 Å². The molecule has 1 heteroatoms. The molecule has 0 aromatic heterocycles. The van der Waals surface area contributed by atoms with Gasteiger partial charge >= 0.3 is 0 Å². The summed E-state index contributed by atoms with van der Waals surface area (Å²) in [5.74, 6) is 0.817. The fourth-order valence-corrected chi connectivity index (χ4v) is 3.57. The van der Waals surface area contributed by atoms with Crippen LogP contribution in [0.1, 0.15) is 56.3 Å². The Labute approximate surface area is 111 Å². The summed E-state index contributed by atoms with van der Waals surface area (Å²) in [6.07, 6.45) is 5.29. The second-order valence-corrected chi connectivity index (χ2v) is 6.72. The number of hydrogen-bond acceptors (Lipinski definition) is 1. The summed E-state index contributed by atoms with van der Waals surface area (Å²) >= 11 is 0. The van der Waals surface area contributed by atoms with Crippen LogP contribution in [0.3, 0.4) is 0 Å². The molecule has 2 aliphatic rings. The van der Waals surface area contributed by atoms with Crippen molar-refractivity contribution in [3.05, 3.63) is 34.9 Å². The van der Waals surface area contributed by atoms with Crippen molar-refractivity contribution in [2.75, 3.05) is 6.54 Å². The molecule has 0 radical (unpaired) electrons. The van der Waals surface area contributed by atoms with Crippen molar-refractivity contribution in [1.29, 1.82) is 0 Å². The summed E-state index contributed by atoms with van der Waals surface area (Å²) < 4.78 is 0. The van der Waals surface area contributed by atoms with Crippen molar-refractivity contribution in [3.8, 4) is 0 Å². The Morgan fingerprint density at radius 1 is 1.28 bits per heavy atom. The van der Waals surface area contributed by atoms with Gasteiger partial charge < -0.3 is 5.32 Å². The van der Waals surface area contributed by atoms with Crippen LogP contribution in [-0.2, 0) is 12.8 Å². The fourth-order valence-electron chi connectivity index (χ4n) is 3.57. The largest absolute Gasteiger partial charge is 0.310 e. The first-order valence-corrected chi connectivity index (χ1v) is 7.47. The monoisotopic (exact) mass is 243 g/mol. The van der Waals surface area contributed by atoms with Crippen LogP contribution in [0.15, 0.2) is 18.2 Å². The summed E-state index contributed by atoms with van der Waals surface area (Å²) in [7, 11) is 0. The molecule has 2 aliphatic carbocycles. The standard InChI is InChI=1S/C17H25N/c1-4-18-16(15-11-17(15,2)3)14-9-8-12-6-5-7-13(12)10-14/h8-10,15-16,18H,4-7,11H2,1-3H3. The summed E-state index contributed by atoms with van der Waals surface area (Å²) in [6.45, 7) is 8.08. The van der Waals surface area contributed by atoms with E-state index >= 15 is 0 Å². The van der Waals surface area contributed by atoms with Gasteiger partial charge in [-0.3, -0.25) is 0 Å². The number of benzene rings is 1. The SMILES string of the molecule is CCNC(c1ccc2c(c1)CCC2)C1CC1(C)C. The lowest BCUT2D eigenvalue weighted by molar-refractivity contribution is 0.423. The molecule has 1 nitrogen and oxygen atoms in total. The molecule has 1 aromatic rings. The van der Waals surface area contributed by atoms with E-state index in [1.807, 2.05) is 0 Å². The molecule has 3 rings (SSSR count). The van der Waals surface area contributed by atoms with Gasteiger partial charge in [0.1, 0.15) is 0 Å². The van der Waals surface area contributed by atoms with E-state index in [0.29, 0.717) is 11.5 Å². The van der Waals surface area contributed by atoms with Crippen LogP contribution in [0, 0.1) is 11.3 Å². The molecule has 0 amide bonds. The van der Waals surface area contributed by atoms with Gasteiger partial charge in [-0.1, -0.05) is 39.0 Å². The third-order valence-electron chi connectivity index (χ3n) is 4.90. The predicted octanol–water partition coefficient (Wildman–Crippen LogP) is 3.87. The third-order valence-corrected chi connectivity index (χ3v) is 4.90. The topological polar surface area (TPSA) is 12.0 Å². The lowest BCUT2D eigenvalue weighted by Gasteiger charge is -2.21. The maximum Gasteiger partial charge on any atom is 0.0353 e.